The Bertz CT molecular complexity index is 606. The molecule has 1 aromatic rings. The lowest BCUT2D eigenvalue weighted by Gasteiger charge is -2.33. The molecule has 3 rings (SSSR count). The van der Waals surface area contributed by atoms with E-state index in [9.17, 15) is 9.59 Å². The van der Waals surface area contributed by atoms with Gasteiger partial charge < -0.3 is 15.5 Å². The summed E-state index contributed by atoms with van der Waals surface area (Å²) < 4.78 is 0. The molecule has 24 heavy (non-hydrogen) atoms. The van der Waals surface area contributed by atoms with Crippen LogP contribution in [0.4, 0.5) is 0 Å². The number of nitrogens with zero attached hydrogens (tertiary/aromatic N) is 3. The third kappa shape index (κ3) is 4.02. The van der Waals surface area contributed by atoms with Gasteiger partial charge in [0.15, 0.2) is 0 Å². The summed E-state index contributed by atoms with van der Waals surface area (Å²) >= 11 is 6.01. The topological polar surface area (TPSA) is 87.2 Å². The first-order valence-electron chi connectivity index (χ1n) is 8.41. The number of hydrogen-bond acceptors (Lipinski definition) is 5. The zero-order valence-corrected chi connectivity index (χ0v) is 14.3. The van der Waals surface area contributed by atoms with Crippen LogP contribution < -0.4 is 10.6 Å². The molecule has 0 saturated carbocycles. The molecule has 0 aliphatic carbocycles. The zero-order valence-electron chi connectivity index (χ0n) is 13.5. The monoisotopic (exact) mass is 351 g/mol. The number of hydrogen-bond donors (Lipinski definition) is 2. The first-order valence-corrected chi connectivity index (χ1v) is 8.79. The van der Waals surface area contributed by atoms with Crippen molar-refractivity contribution >= 4 is 23.4 Å². The number of aromatic nitrogens is 2. The first-order chi connectivity index (χ1) is 11.6. The zero-order chi connectivity index (χ0) is 16.9. The Balaban J connectivity index is 1.53. The van der Waals surface area contributed by atoms with Gasteiger partial charge in [-0.3, -0.25) is 9.59 Å². The van der Waals surface area contributed by atoms with E-state index in [1.807, 2.05) is 0 Å². The van der Waals surface area contributed by atoms with Gasteiger partial charge in [0.1, 0.15) is 12.0 Å². The normalized spacial score (nSPS) is 24.0. The Kier molecular flexibility index (Phi) is 5.63. The molecular weight excluding hydrogens is 330 g/mol. The van der Waals surface area contributed by atoms with Crippen LogP contribution in [0.25, 0.3) is 0 Å². The van der Waals surface area contributed by atoms with Gasteiger partial charge in [-0.25, -0.2) is 9.97 Å². The van der Waals surface area contributed by atoms with Crippen LogP contribution in [0.1, 0.15) is 36.2 Å². The van der Waals surface area contributed by atoms with Gasteiger partial charge in [-0.15, -0.1) is 0 Å². The van der Waals surface area contributed by atoms with E-state index in [2.05, 4.69) is 20.6 Å². The minimum atomic E-state index is -0.170. The van der Waals surface area contributed by atoms with E-state index >= 15 is 0 Å². The number of nitrogens with one attached hydrogen (secondary N) is 2. The SMILES string of the molecule is O=C(NCC1CCCN(C(=O)c2ncncc2Cl)C1)C1CCCN1. The smallest absolute Gasteiger partial charge is 0.274 e. The van der Waals surface area contributed by atoms with E-state index in [4.69, 9.17) is 11.6 Å². The standard InChI is InChI=1S/C16H22ClN5O2/c17-12-8-18-10-21-14(12)16(24)22-6-2-3-11(9-22)7-20-15(23)13-4-1-5-19-13/h8,10-11,13,19H,1-7,9H2,(H,20,23). The van der Waals surface area contributed by atoms with Gasteiger partial charge >= 0.3 is 0 Å². The number of carbonyl (C=O) groups excluding carboxylic acids is 2. The van der Waals surface area contributed by atoms with Crippen molar-refractivity contribution in [1.82, 2.24) is 25.5 Å². The van der Waals surface area contributed by atoms with Crippen molar-refractivity contribution in [2.24, 2.45) is 5.92 Å². The van der Waals surface area contributed by atoms with Crippen LogP contribution >= 0.6 is 11.6 Å². The third-order valence-electron chi connectivity index (χ3n) is 4.62. The molecule has 2 aliphatic rings. The Hall–Kier alpha value is -1.73. The molecule has 8 heteroatoms. The average Bonchev–Trinajstić information content (AvgIpc) is 3.14. The Labute approximate surface area is 146 Å². The van der Waals surface area contributed by atoms with Gasteiger partial charge in [0.2, 0.25) is 5.91 Å². The Morgan fingerprint density at radius 2 is 2.25 bits per heavy atom. The molecular formula is C16H22ClN5O2. The van der Waals surface area contributed by atoms with Gasteiger partial charge in [0, 0.05) is 25.8 Å². The maximum Gasteiger partial charge on any atom is 0.274 e. The van der Waals surface area contributed by atoms with Crippen LogP contribution in [0.15, 0.2) is 12.5 Å². The number of halogens is 1. The third-order valence-corrected chi connectivity index (χ3v) is 4.89. The van der Waals surface area contributed by atoms with Crippen LogP contribution in [0, 0.1) is 5.92 Å². The number of amides is 2. The molecule has 0 radical (unpaired) electrons. The molecule has 7 nitrogen and oxygen atoms in total. The van der Waals surface area contributed by atoms with E-state index in [0.29, 0.717) is 19.6 Å². The van der Waals surface area contributed by atoms with Gasteiger partial charge in [-0.1, -0.05) is 11.6 Å². The molecule has 0 spiro atoms. The highest BCUT2D eigenvalue weighted by atomic mass is 35.5. The van der Waals surface area contributed by atoms with Crippen molar-refractivity contribution in [3.05, 3.63) is 23.2 Å². The van der Waals surface area contributed by atoms with Gasteiger partial charge in [0.05, 0.1) is 11.1 Å². The lowest BCUT2D eigenvalue weighted by molar-refractivity contribution is -0.123. The van der Waals surface area contributed by atoms with Crippen molar-refractivity contribution in [3.63, 3.8) is 0 Å². The number of likely N-dealkylation sites (tertiary alicyclic amines) is 1. The molecule has 0 bridgehead atoms. The summed E-state index contributed by atoms with van der Waals surface area (Å²) in [6.45, 7) is 2.80. The molecule has 2 saturated heterocycles. The number of carbonyl (C=O) groups is 2. The second-order valence-electron chi connectivity index (χ2n) is 6.37. The largest absolute Gasteiger partial charge is 0.354 e. The molecule has 2 fully saturated rings. The molecule has 130 valence electrons. The summed E-state index contributed by atoms with van der Waals surface area (Å²) in [5.74, 6) is 0.152. The van der Waals surface area contributed by atoms with Crippen LogP contribution in [-0.4, -0.2) is 58.9 Å². The summed E-state index contributed by atoms with van der Waals surface area (Å²) in [6.07, 6.45) is 6.61. The van der Waals surface area contributed by atoms with E-state index in [0.717, 1.165) is 32.2 Å². The highest BCUT2D eigenvalue weighted by Crippen LogP contribution is 2.20. The maximum absolute atomic E-state index is 12.6. The molecule has 2 unspecified atom stereocenters. The summed E-state index contributed by atoms with van der Waals surface area (Å²) in [5, 5.41) is 6.48. The predicted octanol–water partition coefficient (Wildman–Crippen LogP) is 0.850. The van der Waals surface area contributed by atoms with Crippen LogP contribution in [0.2, 0.25) is 5.02 Å². The van der Waals surface area contributed by atoms with Crippen molar-refractivity contribution in [3.8, 4) is 0 Å². The molecule has 2 N–H and O–H groups in total. The fraction of sp³-hybridized carbons (Fsp3) is 0.625. The maximum atomic E-state index is 12.6. The van der Waals surface area contributed by atoms with Gasteiger partial charge in [0.25, 0.3) is 5.91 Å². The van der Waals surface area contributed by atoms with E-state index in [1.54, 1.807) is 4.90 Å². The number of piperidine rings is 1. The molecule has 2 atom stereocenters. The molecule has 2 amide bonds. The van der Waals surface area contributed by atoms with Crippen LogP contribution in [0.3, 0.4) is 0 Å². The highest BCUT2D eigenvalue weighted by molar-refractivity contribution is 6.33. The number of rotatable bonds is 4. The fourth-order valence-electron chi connectivity index (χ4n) is 3.31. The van der Waals surface area contributed by atoms with Crippen LogP contribution in [-0.2, 0) is 4.79 Å². The van der Waals surface area contributed by atoms with Crippen molar-refractivity contribution in [2.75, 3.05) is 26.2 Å². The molecule has 1 aromatic heterocycles. The molecule has 0 aromatic carbocycles. The Morgan fingerprint density at radius 1 is 1.38 bits per heavy atom. The van der Waals surface area contributed by atoms with Crippen LogP contribution in [0.5, 0.6) is 0 Å². The summed E-state index contributed by atoms with van der Waals surface area (Å²) in [6, 6.07) is -0.0637. The lowest BCUT2D eigenvalue weighted by atomic mass is 9.97. The predicted molar refractivity (Wildman–Crippen MR) is 89.7 cm³/mol. The van der Waals surface area contributed by atoms with E-state index in [1.165, 1.54) is 12.5 Å². The fourth-order valence-corrected chi connectivity index (χ4v) is 3.50. The van der Waals surface area contributed by atoms with Gasteiger partial charge in [-0.05, 0) is 38.1 Å². The van der Waals surface area contributed by atoms with Crippen molar-refractivity contribution < 1.29 is 9.59 Å². The summed E-state index contributed by atoms with van der Waals surface area (Å²) in [4.78, 5) is 34.2. The first kappa shape index (κ1) is 17.1. The second-order valence-corrected chi connectivity index (χ2v) is 6.78. The van der Waals surface area contributed by atoms with Crippen molar-refractivity contribution in [1.29, 1.82) is 0 Å². The van der Waals surface area contributed by atoms with Gasteiger partial charge in [-0.2, -0.15) is 0 Å². The highest BCUT2D eigenvalue weighted by Gasteiger charge is 2.28. The molecule has 2 aliphatic heterocycles. The second kappa shape index (κ2) is 7.90. The van der Waals surface area contributed by atoms with Crippen molar-refractivity contribution in [2.45, 2.75) is 31.7 Å². The quantitative estimate of drug-likeness (QED) is 0.839. The van der Waals surface area contributed by atoms with E-state index in [-0.39, 0.29) is 34.5 Å². The minimum Gasteiger partial charge on any atom is -0.354 e. The minimum absolute atomic E-state index is 0.0637. The average molecular weight is 352 g/mol. The Morgan fingerprint density at radius 3 is 3.00 bits per heavy atom. The van der Waals surface area contributed by atoms with E-state index < -0.39 is 0 Å². The summed E-state index contributed by atoms with van der Waals surface area (Å²) in [7, 11) is 0. The summed E-state index contributed by atoms with van der Waals surface area (Å²) in [5.41, 5.74) is 0.242. The molecule has 3 heterocycles. The lowest BCUT2D eigenvalue weighted by Crippen LogP contribution is -2.46.